The lowest BCUT2D eigenvalue weighted by Crippen LogP contribution is -2.30. The highest BCUT2D eigenvalue weighted by Gasteiger charge is 2.19. The van der Waals surface area contributed by atoms with Gasteiger partial charge in [0.15, 0.2) is 6.10 Å². The number of allylic oxidation sites excluding steroid dienone is 14. The highest BCUT2D eigenvalue weighted by Crippen LogP contribution is 2.14. The standard InChI is InChI=1S/C57H96O6/c1-4-7-10-13-16-19-22-25-26-27-28-29-30-31-32-33-36-38-41-44-47-50-56(59)62-53-54(63-57(60)51-48-45-42-39-35-24-21-18-15-12-9-6-3)52-61-55(58)49-46-43-40-37-34-23-20-17-14-11-8-5-2/h7,10,16,18-19,21,25-26,28-29,31-32,36,38,54H,4-6,8-9,11-15,17,20,22-24,27,30,33-35,37,39-53H2,1-3H3/b10-7-,19-16-,21-18-,26-25-,29-28-,32-31-,38-36-. The van der Waals surface area contributed by atoms with E-state index >= 15 is 0 Å². The fourth-order valence-corrected chi connectivity index (χ4v) is 6.97. The van der Waals surface area contributed by atoms with Gasteiger partial charge in [-0.15, -0.1) is 0 Å². The van der Waals surface area contributed by atoms with Crippen molar-refractivity contribution < 1.29 is 28.6 Å². The second-order valence-electron chi connectivity index (χ2n) is 17.1. The second-order valence-corrected chi connectivity index (χ2v) is 17.1. The Morgan fingerprint density at radius 2 is 0.619 bits per heavy atom. The normalized spacial score (nSPS) is 12.7. The second kappa shape index (κ2) is 51.2. The summed E-state index contributed by atoms with van der Waals surface area (Å²) in [6, 6.07) is 0. The van der Waals surface area contributed by atoms with Crippen molar-refractivity contribution in [3.8, 4) is 0 Å². The highest BCUT2D eigenvalue weighted by atomic mass is 16.6. The van der Waals surface area contributed by atoms with E-state index in [-0.39, 0.29) is 31.1 Å². The Hall–Kier alpha value is -3.41. The SMILES string of the molecule is CC/C=C\C/C=C\C/C=C\C/C=C\C/C=C\C/C=C\CCCCC(=O)OCC(COC(=O)CCCCCCCCCCCCCC)OC(=O)CCCCCCC/C=C\CCCCC. The Labute approximate surface area is 388 Å². The van der Waals surface area contributed by atoms with Gasteiger partial charge in [-0.3, -0.25) is 14.4 Å². The molecule has 0 spiro atoms. The van der Waals surface area contributed by atoms with E-state index in [0.29, 0.717) is 19.3 Å². The third-order valence-corrected chi connectivity index (χ3v) is 10.9. The van der Waals surface area contributed by atoms with E-state index in [4.69, 9.17) is 14.2 Å². The maximum Gasteiger partial charge on any atom is 0.306 e. The fourth-order valence-electron chi connectivity index (χ4n) is 6.97. The number of ether oxygens (including phenoxy) is 3. The molecule has 0 saturated carbocycles. The first-order valence-electron chi connectivity index (χ1n) is 26.1. The van der Waals surface area contributed by atoms with E-state index in [9.17, 15) is 14.4 Å². The topological polar surface area (TPSA) is 78.9 Å². The molecule has 0 bridgehead atoms. The first-order chi connectivity index (χ1) is 31.0. The van der Waals surface area contributed by atoms with Crippen LogP contribution in [0.4, 0.5) is 0 Å². The summed E-state index contributed by atoms with van der Waals surface area (Å²) in [5.41, 5.74) is 0. The molecule has 0 aromatic heterocycles. The number of unbranched alkanes of at least 4 members (excludes halogenated alkanes) is 21. The molecule has 0 aromatic rings. The lowest BCUT2D eigenvalue weighted by atomic mass is 10.0. The zero-order chi connectivity index (χ0) is 45.8. The van der Waals surface area contributed by atoms with Crippen LogP contribution < -0.4 is 0 Å². The molecule has 0 radical (unpaired) electrons. The van der Waals surface area contributed by atoms with Crippen molar-refractivity contribution in [2.45, 2.75) is 245 Å². The van der Waals surface area contributed by atoms with Gasteiger partial charge in [0, 0.05) is 19.3 Å². The molecule has 0 heterocycles. The molecule has 1 unspecified atom stereocenters. The Morgan fingerprint density at radius 3 is 1.05 bits per heavy atom. The van der Waals surface area contributed by atoms with Crippen LogP contribution in [0.25, 0.3) is 0 Å². The van der Waals surface area contributed by atoms with Gasteiger partial charge in [0.2, 0.25) is 0 Å². The van der Waals surface area contributed by atoms with Crippen LogP contribution in [0, 0.1) is 0 Å². The smallest absolute Gasteiger partial charge is 0.306 e. The Morgan fingerprint density at radius 1 is 0.333 bits per heavy atom. The predicted molar refractivity (Wildman–Crippen MR) is 270 cm³/mol. The van der Waals surface area contributed by atoms with Crippen LogP contribution in [0.1, 0.15) is 239 Å². The van der Waals surface area contributed by atoms with Gasteiger partial charge >= 0.3 is 17.9 Å². The Kier molecular flexibility index (Phi) is 48.5. The average Bonchev–Trinajstić information content (AvgIpc) is 3.28. The van der Waals surface area contributed by atoms with Gasteiger partial charge in [0.25, 0.3) is 0 Å². The van der Waals surface area contributed by atoms with Gasteiger partial charge in [-0.05, 0) is 96.3 Å². The summed E-state index contributed by atoms with van der Waals surface area (Å²) in [6.45, 7) is 6.45. The van der Waals surface area contributed by atoms with Crippen LogP contribution in [0.3, 0.4) is 0 Å². The number of hydrogen-bond donors (Lipinski definition) is 0. The van der Waals surface area contributed by atoms with Gasteiger partial charge in [0.1, 0.15) is 13.2 Å². The van der Waals surface area contributed by atoms with Crippen LogP contribution in [-0.4, -0.2) is 37.2 Å². The number of esters is 3. The van der Waals surface area contributed by atoms with Gasteiger partial charge < -0.3 is 14.2 Å². The summed E-state index contributed by atoms with van der Waals surface area (Å²) in [7, 11) is 0. The zero-order valence-corrected chi connectivity index (χ0v) is 41.1. The predicted octanol–water partition coefficient (Wildman–Crippen LogP) is 17.2. The molecule has 6 nitrogen and oxygen atoms in total. The first kappa shape index (κ1) is 59.6. The van der Waals surface area contributed by atoms with E-state index in [2.05, 4.69) is 106 Å². The number of rotatable bonds is 46. The van der Waals surface area contributed by atoms with Crippen LogP contribution in [0.2, 0.25) is 0 Å². The Balaban J connectivity index is 4.43. The van der Waals surface area contributed by atoms with Crippen molar-refractivity contribution >= 4 is 17.9 Å². The molecule has 63 heavy (non-hydrogen) atoms. The molecule has 0 rings (SSSR count). The molecular formula is C57H96O6. The van der Waals surface area contributed by atoms with Crippen molar-refractivity contribution in [3.63, 3.8) is 0 Å². The molecule has 6 heteroatoms. The molecule has 0 N–H and O–H groups in total. The number of carbonyl (C=O) groups excluding carboxylic acids is 3. The maximum absolute atomic E-state index is 12.8. The van der Waals surface area contributed by atoms with E-state index < -0.39 is 6.10 Å². The van der Waals surface area contributed by atoms with E-state index in [1.54, 1.807) is 0 Å². The van der Waals surface area contributed by atoms with Crippen molar-refractivity contribution in [2.75, 3.05) is 13.2 Å². The van der Waals surface area contributed by atoms with Crippen molar-refractivity contribution in [1.82, 2.24) is 0 Å². The quantitative estimate of drug-likeness (QED) is 0.0262. The third kappa shape index (κ3) is 49.5. The van der Waals surface area contributed by atoms with Gasteiger partial charge in [-0.1, -0.05) is 209 Å². The monoisotopic (exact) mass is 877 g/mol. The molecular weight excluding hydrogens is 781 g/mol. The minimum absolute atomic E-state index is 0.0925. The van der Waals surface area contributed by atoms with Crippen LogP contribution in [0.5, 0.6) is 0 Å². The van der Waals surface area contributed by atoms with E-state index in [1.165, 1.54) is 89.9 Å². The molecule has 0 aliphatic rings. The summed E-state index contributed by atoms with van der Waals surface area (Å²) in [5.74, 6) is -0.948. The lowest BCUT2D eigenvalue weighted by Gasteiger charge is -2.18. The summed E-state index contributed by atoms with van der Waals surface area (Å²) in [4.78, 5) is 37.9. The lowest BCUT2D eigenvalue weighted by molar-refractivity contribution is -0.167. The summed E-state index contributed by atoms with van der Waals surface area (Å²) < 4.78 is 16.7. The summed E-state index contributed by atoms with van der Waals surface area (Å²) in [5, 5.41) is 0. The fraction of sp³-hybridized carbons (Fsp3) is 0.702. The van der Waals surface area contributed by atoms with E-state index in [1.807, 2.05) is 0 Å². The molecule has 360 valence electrons. The van der Waals surface area contributed by atoms with Gasteiger partial charge in [-0.2, -0.15) is 0 Å². The van der Waals surface area contributed by atoms with Crippen LogP contribution in [0.15, 0.2) is 85.1 Å². The molecule has 0 saturated heterocycles. The number of hydrogen-bond acceptors (Lipinski definition) is 6. The first-order valence-corrected chi connectivity index (χ1v) is 26.1. The highest BCUT2D eigenvalue weighted by molar-refractivity contribution is 5.71. The largest absolute Gasteiger partial charge is 0.462 e. The van der Waals surface area contributed by atoms with Crippen molar-refractivity contribution in [2.24, 2.45) is 0 Å². The minimum Gasteiger partial charge on any atom is -0.462 e. The molecule has 0 aliphatic heterocycles. The van der Waals surface area contributed by atoms with Crippen molar-refractivity contribution in [3.05, 3.63) is 85.1 Å². The molecule has 0 amide bonds. The van der Waals surface area contributed by atoms with Crippen LogP contribution in [-0.2, 0) is 28.6 Å². The Bertz CT molecular complexity index is 1240. The van der Waals surface area contributed by atoms with Gasteiger partial charge in [-0.25, -0.2) is 0 Å². The average molecular weight is 877 g/mol. The van der Waals surface area contributed by atoms with E-state index in [0.717, 1.165) is 109 Å². The van der Waals surface area contributed by atoms with Gasteiger partial charge in [0.05, 0.1) is 0 Å². The molecule has 0 aliphatic carbocycles. The third-order valence-electron chi connectivity index (χ3n) is 10.9. The number of carbonyl (C=O) groups is 3. The molecule has 0 fully saturated rings. The summed E-state index contributed by atoms with van der Waals surface area (Å²) >= 11 is 0. The van der Waals surface area contributed by atoms with Crippen LogP contribution >= 0.6 is 0 Å². The minimum atomic E-state index is -0.796. The molecule has 0 aromatic carbocycles. The maximum atomic E-state index is 12.8. The zero-order valence-electron chi connectivity index (χ0n) is 41.1. The summed E-state index contributed by atoms with van der Waals surface area (Å²) in [6.07, 6.45) is 65.7. The molecule has 1 atom stereocenters. The van der Waals surface area contributed by atoms with Crippen molar-refractivity contribution in [1.29, 1.82) is 0 Å².